The fourth-order valence-corrected chi connectivity index (χ4v) is 2.40. The third kappa shape index (κ3) is 3.54. The minimum absolute atomic E-state index is 0.117. The summed E-state index contributed by atoms with van der Waals surface area (Å²) in [7, 11) is 0. The summed E-state index contributed by atoms with van der Waals surface area (Å²) in [6, 6.07) is 8.85. The van der Waals surface area contributed by atoms with Crippen LogP contribution in [0.4, 0.5) is 0 Å². The molecule has 1 aromatic carbocycles. The van der Waals surface area contributed by atoms with Crippen LogP contribution in [0.25, 0.3) is 0 Å². The highest BCUT2D eigenvalue weighted by Gasteiger charge is 2.15. The lowest BCUT2D eigenvalue weighted by atomic mass is 10.0. The van der Waals surface area contributed by atoms with Crippen LogP contribution in [-0.4, -0.2) is 16.4 Å². The Morgan fingerprint density at radius 2 is 1.95 bits per heavy atom. The highest BCUT2D eigenvalue weighted by Crippen LogP contribution is 2.20. The molecule has 2 aromatic rings. The van der Waals surface area contributed by atoms with E-state index in [4.69, 9.17) is 10.5 Å². The third-order valence-corrected chi connectivity index (χ3v) is 3.44. The topological polar surface area (TPSA) is 70.1 Å². The van der Waals surface area contributed by atoms with Crippen molar-refractivity contribution in [2.24, 2.45) is 5.73 Å². The van der Waals surface area contributed by atoms with Gasteiger partial charge in [-0.2, -0.15) is 5.10 Å². The maximum atomic E-state index is 12.5. The molecule has 0 aliphatic carbocycles. The quantitative estimate of drug-likeness (QED) is 0.889. The molecule has 0 amide bonds. The van der Waals surface area contributed by atoms with Crippen LogP contribution < -0.4 is 16.0 Å². The van der Waals surface area contributed by atoms with Gasteiger partial charge in [0.25, 0.3) is 5.56 Å². The second-order valence-corrected chi connectivity index (χ2v) is 5.25. The van der Waals surface area contributed by atoms with Crippen LogP contribution in [0.3, 0.4) is 0 Å². The molecule has 0 aliphatic heterocycles. The Morgan fingerprint density at radius 1 is 1.27 bits per heavy atom. The maximum Gasteiger partial charge on any atom is 0.271 e. The van der Waals surface area contributed by atoms with E-state index in [0.29, 0.717) is 18.7 Å². The first kappa shape index (κ1) is 16.2. The molecular formula is C17H23N3O2. The van der Waals surface area contributed by atoms with Crippen molar-refractivity contribution in [1.29, 1.82) is 0 Å². The molecule has 22 heavy (non-hydrogen) atoms. The van der Waals surface area contributed by atoms with Crippen molar-refractivity contribution in [1.82, 2.24) is 9.78 Å². The van der Waals surface area contributed by atoms with E-state index in [2.05, 4.69) is 5.10 Å². The molecule has 0 saturated carbocycles. The number of aryl methyl sites for hydroxylation is 2. The highest BCUT2D eigenvalue weighted by atomic mass is 16.5. The normalized spacial score (nSPS) is 12.2. The molecule has 5 nitrogen and oxygen atoms in total. The van der Waals surface area contributed by atoms with E-state index < -0.39 is 6.04 Å². The molecule has 1 atom stereocenters. The third-order valence-electron chi connectivity index (χ3n) is 3.44. The Kier molecular flexibility index (Phi) is 5.33. The number of nitrogens with two attached hydrogens (primary N) is 1. The number of aromatic nitrogens is 2. The Labute approximate surface area is 130 Å². The SMILES string of the molecule is CCCn1nc(C)cc(C(N)c2ccc(OCC)cc2)c1=O. The molecule has 0 radical (unpaired) electrons. The average Bonchev–Trinajstić information content (AvgIpc) is 2.51. The van der Waals surface area contributed by atoms with Gasteiger partial charge in [-0.05, 0) is 44.0 Å². The lowest BCUT2D eigenvalue weighted by Gasteiger charge is -2.15. The Bertz CT molecular complexity index is 677. The van der Waals surface area contributed by atoms with Crippen LogP contribution >= 0.6 is 0 Å². The van der Waals surface area contributed by atoms with Gasteiger partial charge in [-0.1, -0.05) is 19.1 Å². The van der Waals surface area contributed by atoms with Gasteiger partial charge in [-0.15, -0.1) is 0 Å². The number of hydrogen-bond donors (Lipinski definition) is 1. The van der Waals surface area contributed by atoms with Gasteiger partial charge in [-0.25, -0.2) is 4.68 Å². The van der Waals surface area contributed by atoms with Gasteiger partial charge in [0, 0.05) is 12.1 Å². The van der Waals surface area contributed by atoms with E-state index in [1.807, 2.05) is 45.0 Å². The van der Waals surface area contributed by atoms with Crippen molar-refractivity contribution in [3.8, 4) is 5.75 Å². The van der Waals surface area contributed by atoms with E-state index in [-0.39, 0.29) is 5.56 Å². The number of ether oxygens (including phenoxy) is 1. The first-order valence-corrected chi connectivity index (χ1v) is 7.63. The van der Waals surface area contributed by atoms with Gasteiger partial charge >= 0.3 is 0 Å². The van der Waals surface area contributed by atoms with Gasteiger partial charge in [0.15, 0.2) is 0 Å². The molecule has 118 valence electrons. The molecule has 1 heterocycles. The van der Waals surface area contributed by atoms with Crippen molar-refractivity contribution < 1.29 is 4.74 Å². The molecule has 0 aliphatic rings. The van der Waals surface area contributed by atoms with Crippen molar-refractivity contribution in [3.63, 3.8) is 0 Å². The largest absolute Gasteiger partial charge is 0.494 e. The lowest BCUT2D eigenvalue weighted by Crippen LogP contribution is -2.31. The summed E-state index contributed by atoms with van der Waals surface area (Å²) in [6.07, 6.45) is 0.855. The molecule has 0 spiro atoms. The van der Waals surface area contributed by atoms with Crippen LogP contribution in [0.5, 0.6) is 5.75 Å². The molecule has 0 saturated heterocycles. The summed E-state index contributed by atoms with van der Waals surface area (Å²) < 4.78 is 6.92. The predicted octanol–water partition coefficient (Wildman–Crippen LogP) is 2.41. The molecule has 0 bridgehead atoms. The highest BCUT2D eigenvalue weighted by molar-refractivity contribution is 5.34. The van der Waals surface area contributed by atoms with Crippen molar-refractivity contribution in [2.45, 2.75) is 39.8 Å². The second-order valence-electron chi connectivity index (χ2n) is 5.25. The van der Waals surface area contributed by atoms with E-state index in [1.165, 1.54) is 4.68 Å². The minimum Gasteiger partial charge on any atom is -0.494 e. The maximum absolute atomic E-state index is 12.5. The van der Waals surface area contributed by atoms with Crippen LogP contribution in [0.2, 0.25) is 0 Å². The fourth-order valence-electron chi connectivity index (χ4n) is 2.40. The van der Waals surface area contributed by atoms with Crippen molar-refractivity contribution >= 4 is 0 Å². The number of hydrogen-bond acceptors (Lipinski definition) is 4. The van der Waals surface area contributed by atoms with Gasteiger partial charge in [0.05, 0.1) is 18.3 Å². The summed E-state index contributed by atoms with van der Waals surface area (Å²) in [6.45, 7) is 7.05. The van der Waals surface area contributed by atoms with Gasteiger partial charge in [0.2, 0.25) is 0 Å². The summed E-state index contributed by atoms with van der Waals surface area (Å²) in [5.41, 5.74) is 8.43. The van der Waals surface area contributed by atoms with E-state index in [1.54, 1.807) is 6.07 Å². The van der Waals surface area contributed by atoms with Crippen LogP contribution in [-0.2, 0) is 6.54 Å². The zero-order chi connectivity index (χ0) is 16.1. The van der Waals surface area contributed by atoms with Crippen LogP contribution in [0.15, 0.2) is 35.1 Å². The monoisotopic (exact) mass is 301 g/mol. The molecule has 2 N–H and O–H groups in total. The summed E-state index contributed by atoms with van der Waals surface area (Å²) in [5, 5.41) is 4.27. The lowest BCUT2D eigenvalue weighted by molar-refractivity contribution is 0.340. The first-order chi connectivity index (χ1) is 10.6. The van der Waals surface area contributed by atoms with Gasteiger partial charge in [-0.3, -0.25) is 4.79 Å². The Morgan fingerprint density at radius 3 is 2.55 bits per heavy atom. The molecule has 5 heteroatoms. The fraction of sp³-hybridized carbons (Fsp3) is 0.412. The zero-order valence-corrected chi connectivity index (χ0v) is 13.4. The van der Waals surface area contributed by atoms with E-state index in [0.717, 1.165) is 23.4 Å². The number of benzene rings is 1. The Balaban J connectivity index is 2.36. The van der Waals surface area contributed by atoms with E-state index in [9.17, 15) is 4.79 Å². The second kappa shape index (κ2) is 7.22. The van der Waals surface area contributed by atoms with Crippen molar-refractivity contribution in [3.05, 3.63) is 57.5 Å². The van der Waals surface area contributed by atoms with Gasteiger partial charge in [0.1, 0.15) is 5.75 Å². The summed E-state index contributed by atoms with van der Waals surface area (Å²) >= 11 is 0. The number of rotatable bonds is 6. The minimum atomic E-state index is -0.465. The molecule has 0 fully saturated rings. The zero-order valence-electron chi connectivity index (χ0n) is 13.4. The molecular weight excluding hydrogens is 278 g/mol. The number of nitrogens with zero attached hydrogens (tertiary/aromatic N) is 2. The molecule has 1 unspecified atom stereocenters. The van der Waals surface area contributed by atoms with E-state index >= 15 is 0 Å². The summed E-state index contributed by atoms with van der Waals surface area (Å²) in [5.74, 6) is 0.799. The molecule has 1 aromatic heterocycles. The van der Waals surface area contributed by atoms with Crippen LogP contribution in [0.1, 0.15) is 43.1 Å². The van der Waals surface area contributed by atoms with Gasteiger partial charge < -0.3 is 10.5 Å². The predicted molar refractivity (Wildman–Crippen MR) is 87.2 cm³/mol. The standard InChI is InChI=1S/C17H23N3O2/c1-4-10-20-17(21)15(11-12(3)19-20)16(18)13-6-8-14(9-7-13)22-5-2/h6-9,11,16H,4-5,10,18H2,1-3H3. The smallest absolute Gasteiger partial charge is 0.271 e. The first-order valence-electron chi connectivity index (χ1n) is 7.63. The van der Waals surface area contributed by atoms with Crippen LogP contribution in [0, 0.1) is 6.92 Å². The van der Waals surface area contributed by atoms with Crippen molar-refractivity contribution in [2.75, 3.05) is 6.61 Å². The average molecular weight is 301 g/mol. The summed E-state index contributed by atoms with van der Waals surface area (Å²) in [4.78, 5) is 12.5. The Hall–Kier alpha value is -2.14. The molecule has 2 rings (SSSR count).